The van der Waals surface area contributed by atoms with E-state index in [2.05, 4.69) is 4.74 Å². The molecular formula is C20H24F3NO3. The first kappa shape index (κ1) is 18.6. The molecule has 1 heterocycles. The van der Waals surface area contributed by atoms with Crippen LogP contribution in [0.15, 0.2) is 24.3 Å². The van der Waals surface area contributed by atoms with Gasteiger partial charge in [-0.1, -0.05) is 12.8 Å². The minimum atomic E-state index is -4.73. The standard InChI is InChI=1S/C20H24F3NO3/c21-20(22,23)27-16-5-3-15(4-6-16)24-12-11-18(17(24)25)7-9-19(26,10-8-18)13-14-1-2-14/h3-6,14,26H,1-2,7-13H2. The number of carbonyl (C=O) groups excluding carboxylic acids is 1. The second kappa shape index (κ2) is 6.40. The summed E-state index contributed by atoms with van der Waals surface area (Å²) in [5.74, 6) is 0.383. The number of halogens is 3. The van der Waals surface area contributed by atoms with Crippen molar-refractivity contribution in [3.8, 4) is 5.75 Å². The molecule has 0 atom stereocenters. The topological polar surface area (TPSA) is 49.8 Å². The predicted octanol–water partition coefficient (Wildman–Crippen LogP) is 4.41. The van der Waals surface area contributed by atoms with Gasteiger partial charge in [0.05, 0.1) is 11.0 Å². The van der Waals surface area contributed by atoms with Gasteiger partial charge >= 0.3 is 6.36 Å². The lowest BCUT2D eigenvalue weighted by Gasteiger charge is -2.41. The maximum Gasteiger partial charge on any atom is 0.573 e. The highest BCUT2D eigenvalue weighted by Gasteiger charge is 2.52. The van der Waals surface area contributed by atoms with Gasteiger partial charge in [-0.15, -0.1) is 13.2 Å². The molecule has 3 aliphatic rings. The molecule has 1 amide bonds. The zero-order valence-electron chi connectivity index (χ0n) is 15.1. The van der Waals surface area contributed by atoms with Crippen LogP contribution in [0.3, 0.4) is 0 Å². The molecule has 148 valence electrons. The smallest absolute Gasteiger partial charge is 0.406 e. The summed E-state index contributed by atoms with van der Waals surface area (Å²) in [6.45, 7) is 0.555. The van der Waals surface area contributed by atoms with Gasteiger partial charge < -0.3 is 14.7 Å². The van der Waals surface area contributed by atoms with Gasteiger partial charge in [0.2, 0.25) is 5.91 Å². The first-order valence-corrected chi connectivity index (χ1v) is 9.58. The Morgan fingerprint density at radius 1 is 1.07 bits per heavy atom. The van der Waals surface area contributed by atoms with E-state index >= 15 is 0 Å². The highest BCUT2D eigenvalue weighted by atomic mass is 19.4. The second-order valence-corrected chi connectivity index (χ2v) is 8.40. The van der Waals surface area contributed by atoms with Crippen LogP contribution in [-0.4, -0.2) is 29.5 Å². The van der Waals surface area contributed by atoms with Crippen molar-refractivity contribution in [3.05, 3.63) is 24.3 Å². The number of hydrogen-bond donors (Lipinski definition) is 1. The maximum atomic E-state index is 13.1. The first-order chi connectivity index (χ1) is 12.7. The van der Waals surface area contributed by atoms with Gasteiger partial charge in [-0.05, 0) is 68.7 Å². The molecule has 0 bridgehead atoms. The Morgan fingerprint density at radius 3 is 2.26 bits per heavy atom. The van der Waals surface area contributed by atoms with Crippen molar-refractivity contribution < 1.29 is 27.8 Å². The largest absolute Gasteiger partial charge is 0.573 e. The van der Waals surface area contributed by atoms with E-state index in [1.165, 1.54) is 37.1 Å². The molecule has 1 spiro atoms. The van der Waals surface area contributed by atoms with Crippen LogP contribution in [0.1, 0.15) is 51.4 Å². The summed E-state index contributed by atoms with van der Waals surface area (Å²) in [5, 5.41) is 10.8. The van der Waals surface area contributed by atoms with Crippen LogP contribution in [0, 0.1) is 11.3 Å². The Bertz CT molecular complexity index is 704. The number of benzene rings is 1. The Morgan fingerprint density at radius 2 is 1.70 bits per heavy atom. The molecule has 1 saturated heterocycles. The van der Waals surface area contributed by atoms with Crippen LogP contribution in [-0.2, 0) is 4.79 Å². The number of rotatable bonds is 4. The molecule has 3 fully saturated rings. The third-order valence-corrected chi connectivity index (χ3v) is 6.40. The van der Waals surface area contributed by atoms with Crippen molar-refractivity contribution in [1.82, 2.24) is 0 Å². The van der Waals surface area contributed by atoms with Crippen molar-refractivity contribution in [3.63, 3.8) is 0 Å². The average molecular weight is 383 g/mol. The van der Waals surface area contributed by atoms with Crippen LogP contribution in [0.5, 0.6) is 5.75 Å². The van der Waals surface area contributed by atoms with Crippen molar-refractivity contribution in [2.24, 2.45) is 11.3 Å². The summed E-state index contributed by atoms with van der Waals surface area (Å²) in [7, 11) is 0. The zero-order valence-corrected chi connectivity index (χ0v) is 15.1. The number of alkyl halides is 3. The summed E-state index contributed by atoms with van der Waals surface area (Å²) in [6.07, 6.45) is 1.93. The summed E-state index contributed by atoms with van der Waals surface area (Å²) in [6, 6.07) is 5.45. The van der Waals surface area contributed by atoms with E-state index in [0.29, 0.717) is 43.8 Å². The molecule has 4 rings (SSSR count). The highest BCUT2D eigenvalue weighted by molar-refractivity contribution is 6.00. The van der Waals surface area contributed by atoms with Crippen LogP contribution in [0.2, 0.25) is 0 Å². The average Bonchev–Trinajstić information content (AvgIpc) is 3.34. The molecule has 1 aromatic rings. The number of anilines is 1. The van der Waals surface area contributed by atoms with E-state index in [1.807, 2.05) is 0 Å². The number of nitrogens with zero attached hydrogens (tertiary/aromatic N) is 1. The summed E-state index contributed by atoms with van der Waals surface area (Å²) in [5.41, 5.74) is -0.474. The number of hydrogen-bond acceptors (Lipinski definition) is 3. The summed E-state index contributed by atoms with van der Waals surface area (Å²) >= 11 is 0. The van der Waals surface area contributed by atoms with Gasteiger partial charge in [0.25, 0.3) is 0 Å². The quantitative estimate of drug-likeness (QED) is 0.838. The van der Waals surface area contributed by atoms with Gasteiger partial charge in [0.15, 0.2) is 0 Å². The first-order valence-electron chi connectivity index (χ1n) is 9.58. The van der Waals surface area contributed by atoms with E-state index in [-0.39, 0.29) is 11.7 Å². The van der Waals surface area contributed by atoms with Gasteiger partial charge in [0.1, 0.15) is 5.75 Å². The van der Waals surface area contributed by atoms with Gasteiger partial charge in [0, 0.05) is 12.2 Å². The fourth-order valence-electron chi connectivity index (χ4n) is 4.62. The lowest BCUT2D eigenvalue weighted by molar-refractivity contribution is -0.274. The third-order valence-electron chi connectivity index (χ3n) is 6.40. The SMILES string of the molecule is O=C1N(c2ccc(OC(F)(F)F)cc2)CCC12CCC(O)(CC1CC1)CC2. The van der Waals surface area contributed by atoms with Crippen LogP contribution >= 0.6 is 0 Å². The van der Waals surface area contributed by atoms with E-state index in [9.17, 15) is 23.1 Å². The maximum absolute atomic E-state index is 13.1. The molecule has 1 aliphatic heterocycles. The zero-order chi connectivity index (χ0) is 19.3. The molecule has 0 aromatic heterocycles. The summed E-state index contributed by atoms with van der Waals surface area (Å²) < 4.78 is 40.7. The minimum absolute atomic E-state index is 0.0282. The predicted molar refractivity (Wildman–Crippen MR) is 93.3 cm³/mol. The van der Waals surface area contributed by atoms with Gasteiger partial charge in [-0.2, -0.15) is 0 Å². The fraction of sp³-hybridized carbons (Fsp3) is 0.650. The van der Waals surface area contributed by atoms with Crippen molar-refractivity contribution >= 4 is 11.6 Å². The van der Waals surface area contributed by atoms with Crippen LogP contribution in [0.25, 0.3) is 0 Å². The third kappa shape index (κ3) is 3.93. The molecule has 0 radical (unpaired) electrons. The van der Waals surface area contributed by atoms with Crippen molar-refractivity contribution in [1.29, 1.82) is 0 Å². The Labute approximate surface area is 156 Å². The molecule has 0 unspecified atom stereocenters. The minimum Gasteiger partial charge on any atom is -0.406 e. The Hall–Kier alpha value is -1.76. The summed E-state index contributed by atoms with van der Waals surface area (Å²) in [4.78, 5) is 14.7. The van der Waals surface area contributed by atoms with E-state index in [0.717, 1.165) is 12.8 Å². The number of amides is 1. The number of ether oxygens (including phenoxy) is 1. The molecule has 2 saturated carbocycles. The normalized spacial score (nSPS) is 31.6. The van der Waals surface area contributed by atoms with Gasteiger partial charge in [-0.3, -0.25) is 4.79 Å². The molecule has 4 nitrogen and oxygen atoms in total. The molecule has 7 heteroatoms. The lowest BCUT2D eigenvalue weighted by atomic mass is 9.66. The molecule has 1 N–H and O–H groups in total. The van der Waals surface area contributed by atoms with Crippen molar-refractivity contribution in [2.75, 3.05) is 11.4 Å². The van der Waals surface area contributed by atoms with E-state index < -0.39 is 17.4 Å². The number of carbonyl (C=O) groups is 1. The second-order valence-electron chi connectivity index (χ2n) is 8.40. The van der Waals surface area contributed by atoms with E-state index in [4.69, 9.17) is 0 Å². The van der Waals surface area contributed by atoms with E-state index in [1.54, 1.807) is 4.90 Å². The Balaban J connectivity index is 1.41. The fourth-order valence-corrected chi connectivity index (χ4v) is 4.62. The monoisotopic (exact) mass is 383 g/mol. The van der Waals surface area contributed by atoms with Crippen molar-refractivity contribution in [2.45, 2.75) is 63.3 Å². The lowest BCUT2D eigenvalue weighted by Crippen LogP contribution is -2.43. The highest BCUT2D eigenvalue weighted by Crippen LogP contribution is 2.51. The molecule has 1 aromatic carbocycles. The van der Waals surface area contributed by atoms with Crippen LogP contribution in [0.4, 0.5) is 18.9 Å². The molecule has 2 aliphatic carbocycles. The molecule has 27 heavy (non-hydrogen) atoms. The molecular weight excluding hydrogens is 359 g/mol. The van der Waals surface area contributed by atoms with Crippen LogP contribution < -0.4 is 9.64 Å². The number of aliphatic hydroxyl groups is 1. The van der Waals surface area contributed by atoms with Gasteiger partial charge in [-0.25, -0.2) is 0 Å². The Kier molecular flexibility index (Phi) is 4.41.